The van der Waals surface area contributed by atoms with Gasteiger partial charge >= 0.3 is 0 Å². The van der Waals surface area contributed by atoms with Crippen LogP contribution in [0.4, 0.5) is 5.69 Å². The van der Waals surface area contributed by atoms with Gasteiger partial charge in [0.25, 0.3) is 5.91 Å². The molecule has 0 bridgehead atoms. The van der Waals surface area contributed by atoms with Gasteiger partial charge in [-0.1, -0.05) is 18.5 Å². The molecule has 6 nitrogen and oxygen atoms in total. The van der Waals surface area contributed by atoms with Crippen molar-refractivity contribution in [3.8, 4) is 0 Å². The molecule has 0 unspecified atom stereocenters. The highest BCUT2D eigenvalue weighted by Crippen LogP contribution is 2.14. The number of carbonyl (C=O) groups excluding carboxylic acids is 2. The Bertz CT molecular complexity index is 702. The van der Waals surface area contributed by atoms with Crippen LogP contribution in [0.25, 0.3) is 0 Å². The molecule has 0 saturated heterocycles. The zero-order valence-electron chi connectivity index (χ0n) is 13.3. The molecule has 24 heavy (non-hydrogen) atoms. The Labute approximate surface area is 149 Å². The van der Waals surface area contributed by atoms with E-state index in [1.165, 1.54) is 16.2 Å². The van der Waals surface area contributed by atoms with Gasteiger partial charge in [-0.3, -0.25) is 9.59 Å². The summed E-state index contributed by atoms with van der Waals surface area (Å²) in [5, 5.41) is 5.71. The summed E-state index contributed by atoms with van der Waals surface area (Å²) in [6, 6.07) is 6.80. The number of thiazole rings is 1. The Hall–Kier alpha value is -1.96. The first-order chi connectivity index (χ1) is 11.5. The van der Waals surface area contributed by atoms with Crippen molar-refractivity contribution >= 4 is 40.4 Å². The summed E-state index contributed by atoms with van der Waals surface area (Å²) in [6.45, 7) is 2.68. The molecule has 0 radical (unpaired) electrons. The molecule has 1 aromatic carbocycles. The third kappa shape index (κ3) is 5.02. The van der Waals surface area contributed by atoms with Gasteiger partial charge < -0.3 is 16.0 Å². The van der Waals surface area contributed by atoms with Gasteiger partial charge in [0.1, 0.15) is 17.2 Å². The number of carbonyl (C=O) groups is 2. The molecule has 3 N–H and O–H groups in total. The predicted octanol–water partition coefficient (Wildman–Crippen LogP) is 2.75. The van der Waals surface area contributed by atoms with Gasteiger partial charge in [-0.15, -0.1) is 11.3 Å². The lowest BCUT2D eigenvalue weighted by atomic mass is 10.3. The SMILES string of the molecule is CCCN(CC(=O)Nc1ccc(Cl)cc1)C(=O)c1csc(CN)n1. The molecule has 8 heteroatoms. The summed E-state index contributed by atoms with van der Waals surface area (Å²) >= 11 is 7.16. The zero-order chi connectivity index (χ0) is 17.5. The monoisotopic (exact) mass is 366 g/mol. The summed E-state index contributed by atoms with van der Waals surface area (Å²) in [7, 11) is 0. The average Bonchev–Trinajstić information content (AvgIpc) is 3.05. The van der Waals surface area contributed by atoms with Gasteiger partial charge in [0.2, 0.25) is 5.91 Å². The molecule has 0 aliphatic heterocycles. The fourth-order valence-corrected chi connectivity index (χ4v) is 2.87. The van der Waals surface area contributed by atoms with Crippen molar-refractivity contribution in [1.82, 2.24) is 9.88 Å². The van der Waals surface area contributed by atoms with Crippen LogP contribution in [-0.2, 0) is 11.3 Å². The highest BCUT2D eigenvalue weighted by molar-refractivity contribution is 7.09. The predicted molar refractivity (Wildman–Crippen MR) is 96.3 cm³/mol. The minimum atomic E-state index is -0.270. The van der Waals surface area contributed by atoms with Crippen LogP contribution in [0.1, 0.15) is 28.8 Å². The van der Waals surface area contributed by atoms with E-state index >= 15 is 0 Å². The second-order valence-corrected chi connectivity index (χ2v) is 6.49. The standard InChI is InChI=1S/C16H19ClN4O2S/c1-2-7-21(16(23)13-10-24-15(8-18)20-13)9-14(22)19-12-5-3-11(17)4-6-12/h3-6,10H,2,7-9,18H2,1H3,(H,19,22). The fourth-order valence-electron chi connectivity index (χ4n) is 2.09. The normalized spacial score (nSPS) is 10.5. The molecule has 1 heterocycles. The third-order valence-corrected chi connectivity index (χ3v) is 4.31. The Morgan fingerprint density at radius 3 is 2.62 bits per heavy atom. The first-order valence-electron chi connectivity index (χ1n) is 7.52. The molecule has 2 amide bonds. The van der Waals surface area contributed by atoms with E-state index in [9.17, 15) is 9.59 Å². The lowest BCUT2D eigenvalue weighted by Gasteiger charge is -2.20. The number of nitrogens with one attached hydrogen (secondary N) is 1. The van der Waals surface area contributed by atoms with E-state index in [-0.39, 0.29) is 18.4 Å². The fraction of sp³-hybridized carbons (Fsp3) is 0.312. The topological polar surface area (TPSA) is 88.3 Å². The smallest absolute Gasteiger partial charge is 0.273 e. The number of benzene rings is 1. The van der Waals surface area contributed by atoms with E-state index in [4.69, 9.17) is 17.3 Å². The van der Waals surface area contributed by atoms with Crippen molar-refractivity contribution in [3.63, 3.8) is 0 Å². The van der Waals surface area contributed by atoms with Crippen molar-refractivity contribution in [3.05, 3.63) is 45.4 Å². The molecule has 2 aromatic rings. The van der Waals surface area contributed by atoms with Crippen LogP contribution in [-0.4, -0.2) is 34.8 Å². The highest BCUT2D eigenvalue weighted by Gasteiger charge is 2.20. The van der Waals surface area contributed by atoms with Gasteiger partial charge in [0.05, 0.1) is 0 Å². The van der Waals surface area contributed by atoms with Crippen LogP contribution in [0.5, 0.6) is 0 Å². The largest absolute Gasteiger partial charge is 0.328 e. The van der Waals surface area contributed by atoms with Crippen LogP contribution >= 0.6 is 22.9 Å². The summed E-state index contributed by atoms with van der Waals surface area (Å²) < 4.78 is 0. The molecule has 0 atom stereocenters. The van der Waals surface area contributed by atoms with E-state index in [1.54, 1.807) is 29.6 Å². The van der Waals surface area contributed by atoms with Gasteiger partial charge in [-0.25, -0.2) is 4.98 Å². The lowest BCUT2D eigenvalue weighted by Crippen LogP contribution is -2.38. The number of aromatic nitrogens is 1. The van der Waals surface area contributed by atoms with Crippen LogP contribution in [0.2, 0.25) is 5.02 Å². The molecule has 2 rings (SSSR count). The summed E-state index contributed by atoms with van der Waals surface area (Å²) in [5.41, 5.74) is 6.48. The molecule has 1 aromatic heterocycles. The van der Waals surface area contributed by atoms with Gasteiger partial charge in [0, 0.05) is 29.2 Å². The number of amides is 2. The summed E-state index contributed by atoms with van der Waals surface area (Å²) in [4.78, 5) is 30.4. The van der Waals surface area contributed by atoms with Crippen molar-refractivity contribution < 1.29 is 9.59 Å². The molecule has 0 fully saturated rings. The lowest BCUT2D eigenvalue weighted by molar-refractivity contribution is -0.116. The molecular formula is C16H19ClN4O2S. The van der Waals surface area contributed by atoms with Crippen LogP contribution < -0.4 is 11.1 Å². The molecule has 0 saturated carbocycles. The maximum Gasteiger partial charge on any atom is 0.273 e. The van der Waals surface area contributed by atoms with Crippen molar-refractivity contribution in [1.29, 1.82) is 0 Å². The van der Waals surface area contributed by atoms with E-state index in [2.05, 4.69) is 10.3 Å². The van der Waals surface area contributed by atoms with Crippen molar-refractivity contribution in [2.24, 2.45) is 5.73 Å². The molecule has 0 aliphatic rings. The average molecular weight is 367 g/mol. The molecular weight excluding hydrogens is 348 g/mol. The number of halogens is 1. The van der Waals surface area contributed by atoms with Crippen LogP contribution in [0.15, 0.2) is 29.6 Å². The summed E-state index contributed by atoms with van der Waals surface area (Å²) in [5.74, 6) is -0.535. The maximum atomic E-state index is 12.5. The molecule has 128 valence electrons. The number of nitrogens with zero attached hydrogens (tertiary/aromatic N) is 2. The van der Waals surface area contributed by atoms with E-state index < -0.39 is 0 Å². The first-order valence-corrected chi connectivity index (χ1v) is 8.78. The minimum absolute atomic E-state index is 0.0369. The summed E-state index contributed by atoms with van der Waals surface area (Å²) in [6.07, 6.45) is 0.744. The zero-order valence-corrected chi connectivity index (χ0v) is 14.9. The van der Waals surface area contributed by atoms with Crippen molar-refractivity contribution in [2.45, 2.75) is 19.9 Å². The number of anilines is 1. The van der Waals surface area contributed by atoms with Crippen molar-refractivity contribution in [2.75, 3.05) is 18.4 Å². The van der Waals surface area contributed by atoms with E-state index in [0.717, 1.165) is 6.42 Å². The number of hydrogen-bond donors (Lipinski definition) is 2. The van der Waals surface area contributed by atoms with Gasteiger partial charge in [-0.05, 0) is 30.7 Å². The molecule has 0 spiro atoms. The van der Waals surface area contributed by atoms with Gasteiger partial charge in [0.15, 0.2) is 0 Å². The van der Waals surface area contributed by atoms with E-state index in [0.29, 0.717) is 34.5 Å². The Morgan fingerprint density at radius 2 is 2.04 bits per heavy atom. The minimum Gasteiger partial charge on any atom is -0.328 e. The molecule has 0 aliphatic carbocycles. The number of hydrogen-bond acceptors (Lipinski definition) is 5. The quantitative estimate of drug-likeness (QED) is 0.788. The van der Waals surface area contributed by atoms with E-state index in [1.807, 2.05) is 6.92 Å². The maximum absolute atomic E-state index is 12.5. The Kier molecular flexibility index (Phi) is 6.72. The van der Waals surface area contributed by atoms with Gasteiger partial charge in [-0.2, -0.15) is 0 Å². The third-order valence-electron chi connectivity index (χ3n) is 3.19. The van der Waals surface area contributed by atoms with Crippen LogP contribution in [0.3, 0.4) is 0 Å². The number of rotatable bonds is 7. The van der Waals surface area contributed by atoms with Crippen LogP contribution in [0, 0.1) is 0 Å². The second kappa shape index (κ2) is 8.77. The Morgan fingerprint density at radius 1 is 1.33 bits per heavy atom. The Balaban J connectivity index is 2.02. The second-order valence-electron chi connectivity index (χ2n) is 5.11. The number of nitrogens with two attached hydrogens (primary N) is 1. The highest BCUT2D eigenvalue weighted by atomic mass is 35.5. The first kappa shape index (κ1) is 18.4.